The number of rotatable bonds is 6. The lowest BCUT2D eigenvalue weighted by Crippen LogP contribution is -2.21. The standard InChI is InChI=1S/C17H27N3O/c1-20(2)17(21)14-9-10-16(15(18)12-14)19-11-5-8-13-6-3-4-7-13/h9-10,12-13,19H,3-8,11,18H2,1-2H3. The van der Waals surface area contributed by atoms with Crippen molar-refractivity contribution in [1.29, 1.82) is 0 Å². The van der Waals surface area contributed by atoms with E-state index in [9.17, 15) is 4.79 Å². The molecule has 0 radical (unpaired) electrons. The first-order chi connectivity index (χ1) is 10.1. The number of hydrogen-bond acceptors (Lipinski definition) is 3. The normalized spacial score (nSPS) is 15.1. The molecule has 0 aromatic heterocycles. The fourth-order valence-electron chi connectivity index (χ4n) is 3.03. The molecule has 3 N–H and O–H groups in total. The van der Waals surface area contributed by atoms with E-state index in [-0.39, 0.29) is 5.91 Å². The molecule has 0 bridgehead atoms. The van der Waals surface area contributed by atoms with Crippen LogP contribution in [0.4, 0.5) is 11.4 Å². The van der Waals surface area contributed by atoms with E-state index < -0.39 is 0 Å². The highest BCUT2D eigenvalue weighted by Gasteiger charge is 2.14. The van der Waals surface area contributed by atoms with Gasteiger partial charge in [0.2, 0.25) is 0 Å². The van der Waals surface area contributed by atoms with Crippen LogP contribution in [0.5, 0.6) is 0 Å². The quantitative estimate of drug-likeness (QED) is 0.623. The summed E-state index contributed by atoms with van der Waals surface area (Å²) in [7, 11) is 3.49. The topological polar surface area (TPSA) is 58.4 Å². The minimum Gasteiger partial charge on any atom is -0.397 e. The van der Waals surface area contributed by atoms with Crippen LogP contribution in [0.3, 0.4) is 0 Å². The van der Waals surface area contributed by atoms with E-state index in [1.165, 1.54) is 38.5 Å². The van der Waals surface area contributed by atoms with Gasteiger partial charge in [-0.3, -0.25) is 4.79 Å². The van der Waals surface area contributed by atoms with Crippen molar-refractivity contribution >= 4 is 17.3 Å². The maximum Gasteiger partial charge on any atom is 0.253 e. The van der Waals surface area contributed by atoms with Gasteiger partial charge in [-0.05, 0) is 37.0 Å². The second-order valence-electron chi connectivity index (χ2n) is 6.22. The van der Waals surface area contributed by atoms with E-state index in [2.05, 4.69) is 5.32 Å². The monoisotopic (exact) mass is 289 g/mol. The molecule has 116 valence electrons. The molecule has 1 aromatic rings. The molecule has 0 spiro atoms. The van der Waals surface area contributed by atoms with E-state index in [1.807, 2.05) is 12.1 Å². The van der Waals surface area contributed by atoms with Gasteiger partial charge in [0, 0.05) is 26.2 Å². The molecule has 0 atom stereocenters. The zero-order valence-electron chi connectivity index (χ0n) is 13.2. The van der Waals surface area contributed by atoms with Crippen LogP contribution >= 0.6 is 0 Å². The molecular weight excluding hydrogens is 262 g/mol. The first-order valence-electron chi connectivity index (χ1n) is 7.93. The molecule has 0 heterocycles. The van der Waals surface area contributed by atoms with Crippen molar-refractivity contribution in [2.45, 2.75) is 38.5 Å². The van der Waals surface area contributed by atoms with Gasteiger partial charge < -0.3 is 16.0 Å². The van der Waals surface area contributed by atoms with Crippen LogP contribution in [0.15, 0.2) is 18.2 Å². The Hall–Kier alpha value is -1.71. The summed E-state index contributed by atoms with van der Waals surface area (Å²) in [5.74, 6) is 0.915. The van der Waals surface area contributed by atoms with Crippen molar-refractivity contribution in [3.8, 4) is 0 Å². The van der Waals surface area contributed by atoms with Crippen LogP contribution in [-0.2, 0) is 0 Å². The number of nitrogens with one attached hydrogen (secondary N) is 1. The van der Waals surface area contributed by atoms with E-state index >= 15 is 0 Å². The summed E-state index contributed by atoms with van der Waals surface area (Å²) in [6, 6.07) is 5.49. The van der Waals surface area contributed by atoms with Crippen molar-refractivity contribution in [3.63, 3.8) is 0 Å². The summed E-state index contributed by atoms with van der Waals surface area (Å²) in [4.78, 5) is 13.4. The van der Waals surface area contributed by atoms with E-state index in [4.69, 9.17) is 5.73 Å². The Morgan fingerprint density at radius 3 is 2.67 bits per heavy atom. The maximum absolute atomic E-state index is 11.9. The molecule has 1 aliphatic rings. The Balaban J connectivity index is 1.81. The molecule has 2 rings (SSSR count). The van der Waals surface area contributed by atoms with Crippen molar-refractivity contribution in [2.24, 2.45) is 5.92 Å². The van der Waals surface area contributed by atoms with E-state index in [0.29, 0.717) is 11.3 Å². The largest absolute Gasteiger partial charge is 0.397 e. The molecule has 21 heavy (non-hydrogen) atoms. The van der Waals surface area contributed by atoms with E-state index in [1.54, 1.807) is 25.1 Å². The number of anilines is 2. The maximum atomic E-state index is 11.9. The van der Waals surface area contributed by atoms with Crippen LogP contribution in [0.25, 0.3) is 0 Å². The van der Waals surface area contributed by atoms with Gasteiger partial charge in [-0.25, -0.2) is 0 Å². The first kappa shape index (κ1) is 15.7. The van der Waals surface area contributed by atoms with Gasteiger partial charge in [0.1, 0.15) is 0 Å². The van der Waals surface area contributed by atoms with Crippen LogP contribution in [0, 0.1) is 5.92 Å². The number of hydrogen-bond donors (Lipinski definition) is 2. The van der Waals surface area contributed by atoms with Crippen molar-refractivity contribution in [3.05, 3.63) is 23.8 Å². The number of nitrogens with two attached hydrogens (primary N) is 1. The number of carbonyl (C=O) groups is 1. The van der Waals surface area contributed by atoms with Crippen LogP contribution < -0.4 is 11.1 Å². The second-order valence-corrected chi connectivity index (χ2v) is 6.22. The van der Waals surface area contributed by atoms with Crippen molar-refractivity contribution in [2.75, 3.05) is 31.7 Å². The predicted octanol–water partition coefficient (Wildman–Crippen LogP) is 3.35. The summed E-state index contributed by atoms with van der Waals surface area (Å²) in [6.45, 7) is 0.946. The number of nitrogen functional groups attached to an aromatic ring is 1. The third-order valence-corrected chi connectivity index (χ3v) is 4.28. The second kappa shape index (κ2) is 7.34. The number of benzene rings is 1. The number of amides is 1. The highest BCUT2D eigenvalue weighted by Crippen LogP contribution is 2.28. The van der Waals surface area contributed by atoms with E-state index in [0.717, 1.165) is 18.2 Å². The van der Waals surface area contributed by atoms with Gasteiger partial charge in [0.25, 0.3) is 5.91 Å². The molecule has 0 aliphatic heterocycles. The number of nitrogens with zero attached hydrogens (tertiary/aromatic N) is 1. The number of carbonyl (C=O) groups excluding carboxylic acids is 1. The Bertz CT molecular complexity index is 479. The SMILES string of the molecule is CN(C)C(=O)c1ccc(NCCCC2CCCC2)c(N)c1. The van der Waals surface area contributed by atoms with Crippen molar-refractivity contribution in [1.82, 2.24) is 4.90 Å². The molecule has 0 unspecified atom stereocenters. The van der Waals surface area contributed by atoms with Crippen LogP contribution in [0.1, 0.15) is 48.9 Å². The minimum absolute atomic E-state index is 0.0190. The van der Waals surface area contributed by atoms with Gasteiger partial charge in [-0.1, -0.05) is 25.7 Å². The Kier molecular flexibility index (Phi) is 5.48. The van der Waals surface area contributed by atoms with Crippen LogP contribution in [-0.4, -0.2) is 31.4 Å². The minimum atomic E-state index is -0.0190. The predicted molar refractivity (Wildman–Crippen MR) is 88.6 cm³/mol. The molecule has 4 nitrogen and oxygen atoms in total. The molecular formula is C17H27N3O. The first-order valence-corrected chi connectivity index (χ1v) is 7.93. The van der Waals surface area contributed by atoms with Gasteiger partial charge >= 0.3 is 0 Å². The lowest BCUT2D eigenvalue weighted by Gasteiger charge is -2.14. The van der Waals surface area contributed by atoms with Gasteiger partial charge in [0.15, 0.2) is 0 Å². The van der Waals surface area contributed by atoms with Gasteiger partial charge in [0.05, 0.1) is 11.4 Å². The fourth-order valence-corrected chi connectivity index (χ4v) is 3.03. The van der Waals surface area contributed by atoms with Gasteiger partial charge in [-0.2, -0.15) is 0 Å². The third kappa shape index (κ3) is 4.38. The average Bonchev–Trinajstić information content (AvgIpc) is 2.97. The highest BCUT2D eigenvalue weighted by molar-refractivity contribution is 5.95. The highest BCUT2D eigenvalue weighted by atomic mass is 16.2. The Morgan fingerprint density at radius 1 is 1.33 bits per heavy atom. The molecule has 1 aromatic carbocycles. The molecule has 1 aliphatic carbocycles. The molecule has 1 fully saturated rings. The Labute approximate surface area is 127 Å². The molecule has 1 amide bonds. The molecule has 0 saturated heterocycles. The summed E-state index contributed by atoms with van der Waals surface area (Å²) >= 11 is 0. The summed E-state index contributed by atoms with van der Waals surface area (Å²) in [5.41, 5.74) is 8.23. The summed E-state index contributed by atoms with van der Waals surface area (Å²) < 4.78 is 0. The Morgan fingerprint density at radius 2 is 2.05 bits per heavy atom. The van der Waals surface area contributed by atoms with Crippen molar-refractivity contribution < 1.29 is 4.79 Å². The molecule has 1 saturated carbocycles. The fraction of sp³-hybridized carbons (Fsp3) is 0.588. The van der Waals surface area contributed by atoms with Crippen LogP contribution in [0.2, 0.25) is 0 Å². The average molecular weight is 289 g/mol. The lowest BCUT2D eigenvalue weighted by molar-refractivity contribution is 0.0827. The zero-order chi connectivity index (χ0) is 15.2. The smallest absolute Gasteiger partial charge is 0.253 e. The zero-order valence-corrected chi connectivity index (χ0v) is 13.2. The summed E-state index contributed by atoms with van der Waals surface area (Å²) in [6.07, 6.45) is 8.12. The third-order valence-electron chi connectivity index (χ3n) is 4.28. The molecule has 4 heteroatoms. The lowest BCUT2D eigenvalue weighted by atomic mass is 10.0. The summed E-state index contributed by atoms with van der Waals surface area (Å²) in [5, 5.41) is 3.38. The van der Waals surface area contributed by atoms with Gasteiger partial charge in [-0.15, -0.1) is 0 Å².